The minimum Gasteiger partial charge on any atom is -0.377 e. The first-order valence-corrected chi connectivity index (χ1v) is 8.38. The third-order valence-corrected chi connectivity index (χ3v) is 5.45. The second-order valence-corrected chi connectivity index (χ2v) is 7.03. The highest BCUT2D eigenvalue weighted by Crippen LogP contribution is 2.51. The van der Waals surface area contributed by atoms with Gasteiger partial charge in [-0.25, -0.2) is 0 Å². The van der Waals surface area contributed by atoms with Gasteiger partial charge in [-0.15, -0.1) is 0 Å². The first-order valence-electron chi connectivity index (χ1n) is 7.21. The Labute approximate surface area is 138 Å². The molecule has 2 aliphatic rings. The number of hydrogen-bond donors (Lipinski definition) is 1. The summed E-state index contributed by atoms with van der Waals surface area (Å²) in [6.07, 6.45) is 5.78. The molecule has 1 N–H and O–H groups in total. The van der Waals surface area contributed by atoms with Gasteiger partial charge < -0.3 is 5.32 Å². The molecule has 0 aromatic heterocycles. The van der Waals surface area contributed by atoms with Crippen molar-refractivity contribution in [1.82, 2.24) is 0 Å². The van der Waals surface area contributed by atoms with Gasteiger partial charge in [-0.1, -0.05) is 48.0 Å². The molecule has 3 heteroatoms. The summed E-state index contributed by atoms with van der Waals surface area (Å²) in [6.45, 7) is 0. The average molecular weight is 361 g/mol. The zero-order valence-electron chi connectivity index (χ0n) is 11.4. The van der Waals surface area contributed by atoms with E-state index >= 15 is 0 Å². The fraction of sp³-hybridized carbons (Fsp3) is 0.222. The van der Waals surface area contributed by atoms with Crippen molar-refractivity contribution in [2.45, 2.75) is 18.4 Å². The first-order chi connectivity index (χ1) is 10.2. The van der Waals surface area contributed by atoms with Gasteiger partial charge in [-0.2, -0.15) is 0 Å². The van der Waals surface area contributed by atoms with Crippen LogP contribution in [0.15, 0.2) is 59.1 Å². The molecule has 0 unspecified atom stereocenters. The molecule has 0 amide bonds. The molecule has 0 fully saturated rings. The van der Waals surface area contributed by atoms with Crippen molar-refractivity contribution in [1.29, 1.82) is 0 Å². The van der Waals surface area contributed by atoms with Gasteiger partial charge in [0.2, 0.25) is 0 Å². The molecule has 1 nitrogen and oxygen atoms in total. The van der Waals surface area contributed by atoms with E-state index in [4.69, 9.17) is 11.6 Å². The van der Waals surface area contributed by atoms with Crippen molar-refractivity contribution in [2.24, 2.45) is 5.92 Å². The van der Waals surface area contributed by atoms with E-state index in [1.807, 2.05) is 12.1 Å². The third kappa shape index (κ3) is 2.21. The second kappa shape index (κ2) is 5.19. The molecule has 4 rings (SSSR count). The van der Waals surface area contributed by atoms with E-state index in [-0.39, 0.29) is 0 Å². The smallest absolute Gasteiger partial charge is 0.0554 e. The average Bonchev–Trinajstić information content (AvgIpc) is 2.96. The summed E-state index contributed by atoms with van der Waals surface area (Å²) in [5, 5.41) is 4.54. The van der Waals surface area contributed by atoms with E-state index < -0.39 is 0 Å². The van der Waals surface area contributed by atoms with Gasteiger partial charge in [0.15, 0.2) is 0 Å². The molecule has 1 aliphatic carbocycles. The van der Waals surface area contributed by atoms with Gasteiger partial charge >= 0.3 is 0 Å². The Morgan fingerprint density at radius 1 is 1.14 bits per heavy atom. The molecule has 0 saturated carbocycles. The second-order valence-electron chi connectivity index (χ2n) is 5.73. The molecule has 1 heterocycles. The molecule has 0 saturated heterocycles. The molecule has 1 aliphatic heterocycles. The first kappa shape index (κ1) is 13.4. The van der Waals surface area contributed by atoms with E-state index in [2.05, 4.69) is 63.7 Å². The molecule has 106 valence electrons. The van der Waals surface area contributed by atoms with Crippen LogP contribution in [0, 0.1) is 5.92 Å². The lowest BCUT2D eigenvalue weighted by Gasteiger charge is -2.38. The van der Waals surface area contributed by atoms with Crippen LogP contribution in [-0.4, -0.2) is 0 Å². The van der Waals surface area contributed by atoms with E-state index in [0.29, 0.717) is 17.9 Å². The standard InChI is InChI=1S/C18H15BrClN/c19-16-9-3-8-15-13-6-2-7-14(13)17(21-18(15)16)11-4-1-5-12(20)10-11/h1-6,8-10,13-14,17,21H,7H2/t13-,14+,17-/m0/s1. The summed E-state index contributed by atoms with van der Waals surface area (Å²) in [6, 6.07) is 15.0. The van der Waals surface area contributed by atoms with E-state index in [1.54, 1.807) is 0 Å². The Balaban J connectivity index is 1.83. The maximum Gasteiger partial charge on any atom is 0.0554 e. The third-order valence-electron chi connectivity index (χ3n) is 4.55. The maximum absolute atomic E-state index is 6.19. The largest absolute Gasteiger partial charge is 0.377 e. The number of hydrogen-bond acceptors (Lipinski definition) is 1. The number of allylic oxidation sites excluding steroid dienone is 2. The van der Waals surface area contributed by atoms with Gasteiger partial charge in [-0.05, 0) is 57.6 Å². The quantitative estimate of drug-likeness (QED) is 0.622. The fourth-order valence-electron chi connectivity index (χ4n) is 3.61. The maximum atomic E-state index is 6.19. The van der Waals surface area contributed by atoms with Gasteiger partial charge in [0, 0.05) is 15.4 Å². The summed E-state index contributed by atoms with van der Waals surface area (Å²) in [5.74, 6) is 1.05. The topological polar surface area (TPSA) is 12.0 Å². The van der Waals surface area contributed by atoms with Crippen molar-refractivity contribution < 1.29 is 0 Å². The van der Waals surface area contributed by atoms with Crippen molar-refractivity contribution in [3.8, 4) is 0 Å². The van der Waals surface area contributed by atoms with Crippen molar-refractivity contribution >= 4 is 33.2 Å². The zero-order valence-corrected chi connectivity index (χ0v) is 13.7. The number of para-hydroxylation sites is 1. The van der Waals surface area contributed by atoms with Crippen LogP contribution in [0.2, 0.25) is 5.02 Å². The van der Waals surface area contributed by atoms with Gasteiger partial charge in [0.25, 0.3) is 0 Å². The van der Waals surface area contributed by atoms with Crippen molar-refractivity contribution in [3.63, 3.8) is 0 Å². The molecule has 0 spiro atoms. The van der Waals surface area contributed by atoms with Crippen LogP contribution >= 0.6 is 27.5 Å². The predicted octanol–water partition coefficient (Wildman–Crippen LogP) is 5.93. The van der Waals surface area contributed by atoms with Crippen LogP contribution in [0.5, 0.6) is 0 Å². The van der Waals surface area contributed by atoms with Crippen molar-refractivity contribution in [3.05, 3.63) is 75.2 Å². The Morgan fingerprint density at radius 2 is 2.00 bits per heavy atom. The minimum atomic E-state index is 0.301. The Bertz CT molecular complexity index is 725. The SMILES string of the molecule is Clc1cccc([C@@H]2Nc3c(Br)cccc3[C@H]3C=CC[C@H]32)c1. The highest BCUT2D eigenvalue weighted by molar-refractivity contribution is 9.10. The van der Waals surface area contributed by atoms with E-state index in [0.717, 1.165) is 15.9 Å². The van der Waals surface area contributed by atoms with Gasteiger partial charge in [0.1, 0.15) is 0 Å². The molecule has 2 aromatic carbocycles. The summed E-state index contributed by atoms with van der Waals surface area (Å²) in [5.41, 5.74) is 3.87. The lowest BCUT2D eigenvalue weighted by Crippen LogP contribution is -2.29. The molecule has 2 aromatic rings. The summed E-state index contributed by atoms with van der Waals surface area (Å²) in [4.78, 5) is 0. The fourth-order valence-corrected chi connectivity index (χ4v) is 4.31. The molecule has 21 heavy (non-hydrogen) atoms. The lowest BCUT2D eigenvalue weighted by atomic mass is 9.77. The minimum absolute atomic E-state index is 0.301. The number of nitrogens with one attached hydrogen (secondary N) is 1. The molecular weight excluding hydrogens is 346 g/mol. The van der Waals surface area contributed by atoms with Crippen LogP contribution in [0.1, 0.15) is 29.5 Å². The van der Waals surface area contributed by atoms with Gasteiger partial charge in [-0.3, -0.25) is 0 Å². The molecule has 0 radical (unpaired) electrons. The Kier molecular flexibility index (Phi) is 3.31. The summed E-state index contributed by atoms with van der Waals surface area (Å²) >= 11 is 9.87. The van der Waals surface area contributed by atoms with Crippen molar-refractivity contribution in [2.75, 3.05) is 5.32 Å². The number of rotatable bonds is 1. The monoisotopic (exact) mass is 359 g/mol. The predicted molar refractivity (Wildman–Crippen MR) is 91.9 cm³/mol. The van der Waals surface area contributed by atoms with E-state index in [1.165, 1.54) is 16.8 Å². The van der Waals surface area contributed by atoms with Crippen LogP contribution in [-0.2, 0) is 0 Å². The van der Waals surface area contributed by atoms with Crippen LogP contribution in [0.25, 0.3) is 0 Å². The normalized spacial score (nSPS) is 26.1. The van der Waals surface area contributed by atoms with Crippen LogP contribution in [0.3, 0.4) is 0 Å². The zero-order chi connectivity index (χ0) is 14.4. The highest BCUT2D eigenvalue weighted by Gasteiger charge is 2.38. The Morgan fingerprint density at radius 3 is 2.86 bits per heavy atom. The molecule has 0 bridgehead atoms. The van der Waals surface area contributed by atoms with E-state index in [9.17, 15) is 0 Å². The highest BCUT2D eigenvalue weighted by atomic mass is 79.9. The molecule has 3 atom stereocenters. The van der Waals surface area contributed by atoms with Crippen LogP contribution < -0.4 is 5.32 Å². The molecular formula is C18H15BrClN. The Hall–Kier alpha value is -1.25. The summed E-state index contributed by atoms with van der Waals surface area (Å²) in [7, 11) is 0. The van der Waals surface area contributed by atoms with Crippen LogP contribution in [0.4, 0.5) is 5.69 Å². The summed E-state index contributed by atoms with van der Waals surface area (Å²) < 4.78 is 1.13. The lowest BCUT2D eigenvalue weighted by molar-refractivity contribution is 0.425. The number of fused-ring (bicyclic) bond motifs is 3. The van der Waals surface area contributed by atoms with Gasteiger partial charge in [0.05, 0.1) is 11.7 Å². The number of halogens is 2. The number of benzene rings is 2. The number of anilines is 1.